The number of carbonyl (C=O) groups excluding carboxylic acids is 1. The van der Waals surface area contributed by atoms with E-state index < -0.39 is 10.0 Å². The zero-order valence-electron chi connectivity index (χ0n) is 10.5. The van der Waals surface area contributed by atoms with Gasteiger partial charge < -0.3 is 4.90 Å². The van der Waals surface area contributed by atoms with Gasteiger partial charge >= 0.3 is 0 Å². The van der Waals surface area contributed by atoms with E-state index in [1.165, 1.54) is 16.1 Å². The number of amides is 1. The molecule has 5 nitrogen and oxygen atoms in total. The Kier molecular flexibility index (Phi) is 3.41. The molecule has 18 heavy (non-hydrogen) atoms. The number of rotatable bonds is 2. The zero-order valence-corrected chi connectivity index (χ0v) is 11.3. The summed E-state index contributed by atoms with van der Waals surface area (Å²) in [5.41, 5.74) is 1.01. The van der Waals surface area contributed by atoms with E-state index in [1.54, 1.807) is 24.3 Å². The van der Waals surface area contributed by atoms with Crippen LogP contribution in [0.4, 0.5) is 0 Å². The van der Waals surface area contributed by atoms with Gasteiger partial charge in [0.25, 0.3) is 0 Å². The van der Waals surface area contributed by atoms with Gasteiger partial charge in [-0.3, -0.25) is 4.79 Å². The van der Waals surface area contributed by atoms with Crippen molar-refractivity contribution in [3.63, 3.8) is 0 Å². The van der Waals surface area contributed by atoms with Crippen LogP contribution in [0.25, 0.3) is 0 Å². The third-order valence-corrected chi connectivity index (χ3v) is 4.90. The van der Waals surface area contributed by atoms with Crippen molar-refractivity contribution in [1.82, 2.24) is 9.21 Å². The van der Waals surface area contributed by atoms with E-state index >= 15 is 0 Å². The predicted octanol–water partition coefficient (Wildman–Crippen LogP) is 0.805. The highest BCUT2D eigenvalue weighted by molar-refractivity contribution is 7.89. The van der Waals surface area contributed by atoms with Crippen molar-refractivity contribution in [2.75, 3.05) is 19.8 Å². The highest BCUT2D eigenvalue weighted by atomic mass is 32.2. The SMILES string of the molecule is CC(=O)N1CCN(S(=O)(=O)c2ccc(C)cc2)C1. The van der Waals surface area contributed by atoms with Crippen molar-refractivity contribution in [3.8, 4) is 0 Å². The van der Waals surface area contributed by atoms with E-state index in [1.807, 2.05) is 6.92 Å². The molecule has 1 aromatic carbocycles. The molecule has 0 spiro atoms. The molecular formula is C12H16N2O3S. The maximum atomic E-state index is 12.3. The van der Waals surface area contributed by atoms with Gasteiger partial charge in [0.05, 0.1) is 11.6 Å². The molecule has 0 bridgehead atoms. The highest BCUT2D eigenvalue weighted by Crippen LogP contribution is 2.19. The monoisotopic (exact) mass is 268 g/mol. The molecule has 1 saturated heterocycles. The summed E-state index contributed by atoms with van der Waals surface area (Å²) in [6, 6.07) is 6.74. The molecule has 0 aromatic heterocycles. The summed E-state index contributed by atoms with van der Waals surface area (Å²) in [5, 5.41) is 0. The van der Waals surface area contributed by atoms with Crippen LogP contribution >= 0.6 is 0 Å². The van der Waals surface area contributed by atoms with E-state index in [0.717, 1.165) is 5.56 Å². The van der Waals surface area contributed by atoms with Gasteiger partial charge in [-0.1, -0.05) is 17.7 Å². The van der Waals surface area contributed by atoms with E-state index in [0.29, 0.717) is 13.1 Å². The summed E-state index contributed by atoms with van der Waals surface area (Å²) in [5.74, 6) is -0.100. The molecule has 0 N–H and O–H groups in total. The van der Waals surface area contributed by atoms with Crippen molar-refractivity contribution in [1.29, 1.82) is 0 Å². The third-order valence-electron chi connectivity index (χ3n) is 3.05. The fraction of sp³-hybridized carbons (Fsp3) is 0.417. The van der Waals surface area contributed by atoms with Crippen molar-refractivity contribution >= 4 is 15.9 Å². The lowest BCUT2D eigenvalue weighted by atomic mass is 10.2. The summed E-state index contributed by atoms with van der Waals surface area (Å²) in [4.78, 5) is 13.0. The lowest BCUT2D eigenvalue weighted by Gasteiger charge is -2.17. The molecular weight excluding hydrogens is 252 g/mol. The molecule has 2 rings (SSSR count). The van der Waals surface area contributed by atoms with Gasteiger partial charge in [0.1, 0.15) is 0 Å². The Bertz CT molecular complexity index is 551. The van der Waals surface area contributed by atoms with Gasteiger partial charge in [-0.05, 0) is 19.1 Å². The molecule has 98 valence electrons. The largest absolute Gasteiger partial charge is 0.328 e. The predicted molar refractivity (Wildman–Crippen MR) is 67.3 cm³/mol. The topological polar surface area (TPSA) is 57.7 Å². The number of nitrogens with zero attached hydrogens (tertiary/aromatic N) is 2. The third kappa shape index (κ3) is 2.39. The average Bonchev–Trinajstić information content (AvgIpc) is 2.79. The molecule has 1 aliphatic rings. The van der Waals surface area contributed by atoms with Crippen LogP contribution < -0.4 is 0 Å². The Morgan fingerprint density at radius 2 is 1.78 bits per heavy atom. The first-order chi connectivity index (χ1) is 8.41. The lowest BCUT2D eigenvalue weighted by molar-refractivity contribution is -0.128. The second kappa shape index (κ2) is 4.70. The highest BCUT2D eigenvalue weighted by Gasteiger charge is 2.32. The number of carbonyl (C=O) groups is 1. The zero-order chi connectivity index (χ0) is 13.3. The van der Waals surface area contributed by atoms with Gasteiger partial charge in [0, 0.05) is 20.0 Å². The van der Waals surface area contributed by atoms with E-state index in [9.17, 15) is 13.2 Å². The molecule has 0 unspecified atom stereocenters. The van der Waals surface area contributed by atoms with E-state index in [-0.39, 0.29) is 17.5 Å². The first kappa shape index (κ1) is 13.0. The minimum atomic E-state index is -3.48. The van der Waals surface area contributed by atoms with Gasteiger partial charge in [-0.15, -0.1) is 0 Å². The summed E-state index contributed by atoms with van der Waals surface area (Å²) in [7, 11) is -3.48. The summed E-state index contributed by atoms with van der Waals surface area (Å²) in [6.07, 6.45) is 0. The molecule has 0 radical (unpaired) electrons. The molecule has 1 aliphatic heterocycles. The normalized spacial score (nSPS) is 17.1. The average molecular weight is 268 g/mol. The molecule has 1 heterocycles. The van der Waals surface area contributed by atoms with Crippen LogP contribution in [0.3, 0.4) is 0 Å². The van der Waals surface area contributed by atoms with Gasteiger partial charge in [0.2, 0.25) is 15.9 Å². The number of hydrogen-bond acceptors (Lipinski definition) is 3. The van der Waals surface area contributed by atoms with Crippen molar-refractivity contribution in [3.05, 3.63) is 29.8 Å². The molecule has 6 heteroatoms. The first-order valence-electron chi connectivity index (χ1n) is 5.73. The van der Waals surface area contributed by atoms with Gasteiger partial charge in [-0.25, -0.2) is 8.42 Å². The summed E-state index contributed by atoms with van der Waals surface area (Å²) >= 11 is 0. The lowest BCUT2D eigenvalue weighted by Crippen LogP contribution is -2.32. The van der Waals surface area contributed by atoms with Crippen molar-refractivity contribution in [2.45, 2.75) is 18.7 Å². The standard InChI is InChI=1S/C12H16N2O3S/c1-10-3-5-12(6-4-10)18(16,17)14-8-7-13(9-14)11(2)15/h3-6H,7-9H2,1-2H3. The fourth-order valence-electron chi connectivity index (χ4n) is 1.88. The fourth-order valence-corrected chi connectivity index (χ4v) is 3.27. The Labute approximate surface area is 107 Å². The molecule has 1 fully saturated rings. The van der Waals surface area contributed by atoms with Crippen LogP contribution in [-0.2, 0) is 14.8 Å². The molecule has 0 atom stereocenters. The van der Waals surface area contributed by atoms with E-state index in [2.05, 4.69) is 0 Å². The maximum Gasteiger partial charge on any atom is 0.244 e. The second-order valence-corrected chi connectivity index (χ2v) is 6.36. The smallest absolute Gasteiger partial charge is 0.244 e. The Morgan fingerprint density at radius 3 is 2.28 bits per heavy atom. The second-order valence-electron chi connectivity index (χ2n) is 4.42. The van der Waals surface area contributed by atoms with Crippen LogP contribution in [0.1, 0.15) is 12.5 Å². The van der Waals surface area contributed by atoms with Gasteiger partial charge in [0.15, 0.2) is 0 Å². The van der Waals surface area contributed by atoms with Crippen LogP contribution in [0.2, 0.25) is 0 Å². The molecule has 0 saturated carbocycles. The maximum absolute atomic E-state index is 12.3. The first-order valence-corrected chi connectivity index (χ1v) is 7.17. The minimum Gasteiger partial charge on any atom is -0.328 e. The Morgan fingerprint density at radius 1 is 1.17 bits per heavy atom. The Hall–Kier alpha value is -1.40. The van der Waals surface area contributed by atoms with Crippen LogP contribution in [-0.4, -0.2) is 43.3 Å². The summed E-state index contributed by atoms with van der Waals surface area (Å²) in [6.45, 7) is 4.31. The minimum absolute atomic E-state index is 0.100. The number of sulfonamides is 1. The van der Waals surface area contributed by atoms with E-state index in [4.69, 9.17) is 0 Å². The Balaban J connectivity index is 2.22. The van der Waals surface area contributed by atoms with Gasteiger partial charge in [-0.2, -0.15) is 4.31 Å². The van der Waals surface area contributed by atoms with Crippen LogP contribution in [0.5, 0.6) is 0 Å². The number of benzene rings is 1. The molecule has 0 aliphatic carbocycles. The number of hydrogen-bond donors (Lipinski definition) is 0. The molecule has 1 amide bonds. The van der Waals surface area contributed by atoms with Crippen molar-refractivity contribution in [2.24, 2.45) is 0 Å². The van der Waals surface area contributed by atoms with Crippen molar-refractivity contribution < 1.29 is 13.2 Å². The summed E-state index contributed by atoms with van der Waals surface area (Å²) < 4.78 is 25.9. The quantitative estimate of drug-likeness (QED) is 0.797. The van der Waals surface area contributed by atoms with Crippen LogP contribution in [0, 0.1) is 6.92 Å². The van der Waals surface area contributed by atoms with Crippen LogP contribution in [0.15, 0.2) is 29.2 Å². The molecule has 1 aromatic rings. The number of aryl methyl sites for hydroxylation is 1.